The highest BCUT2D eigenvalue weighted by atomic mass is 16.5. The second-order valence-electron chi connectivity index (χ2n) is 3.61. The molecular weight excluding hydrogens is 206 g/mol. The second-order valence-corrected chi connectivity index (χ2v) is 3.61. The lowest BCUT2D eigenvalue weighted by atomic mass is 10.1. The monoisotopic (exact) mass is 221 g/mol. The van der Waals surface area contributed by atoms with Gasteiger partial charge in [0.15, 0.2) is 0 Å². The minimum Gasteiger partial charge on any atom is -0.364 e. The summed E-state index contributed by atoms with van der Waals surface area (Å²) in [6.45, 7) is 3.77. The summed E-state index contributed by atoms with van der Waals surface area (Å²) >= 11 is 0. The molecule has 1 aromatic rings. The number of aldehydes is 1. The van der Waals surface area contributed by atoms with Crippen molar-refractivity contribution < 1.29 is 14.3 Å². The number of carbonyl (C=O) groups excluding carboxylic acids is 2. The molecule has 0 aliphatic heterocycles. The first-order valence-corrected chi connectivity index (χ1v) is 5.01. The van der Waals surface area contributed by atoms with Crippen molar-refractivity contribution in [3.05, 3.63) is 29.3 Å². The zero-order valence-electron chi connectivity index (χ0n) is 9.45. The predicted octanol–water partition coefficient (Wildman–Crippen LogP) is 1.46. The van der Waals surface area contributed by atoms with Crippen LogP contribution in [-0.4, -0.2) is 25.4 Å². The van der Waals surface area contributed by atoms with Gasteiger partial charge in [-0.25, -0.2) is 0 Å². The average Bonchev–Trinajstić information content (AvgIpc) is 2.16. The molecule has 0 radical (unpaired) electrons. The zero-order chi connectivity index (χ0) is 12.0. The predicted molar refractivity (Wildman–Crippen MR) is 61.4 cm³/mol. The Morgan fingerprint density at radius 1 is 1.31 bits per heavy atom. The van der Waals surface area contributed by atoms with E-state index in [1.165, 1.54) is 0 Å². The molecule has 0 saturated carbocycles. The molecule has 0 fully saturated rings. The first-order chi connectivity index (χ1) is 7.61. The fraction of sp³-hybridized carbons (Fsp3) is 0.333. The topological polar surface area (TPSA) is 55.4 Å². The molecule has 0 spiro atoms. The van der Waals surface area contributed by atoms with E-state index in [0.717, 1.165) is 16.8 Å². The number of nitrogens with one attached hydrogen (secondary N) is 1. The summed E-state index contributed by atoms with van der Waals surface area (Å²) in [4.78, 5) is 21.3. The summed E-state index contributed by atoms with van der Waals surface area (Å²) in [5.41, 5.74) is 2.92. The van der Waals surface area contributed by atoms with Crippen LogP contribution in [0.5, 0.6) is 0 Å². The van der Waals surface area contributed by atoms with E-state index in [2.05, 4.69) is 5.32 Å². The van der Waals surface area contributed by atoms with E-state index in [-0.39, 0.29) is 19.1 Å². The van der Waals surface area contributed by atoms with Gasteiger partial charge in [0.25, 0.3) is 0 Å². The van der Waals surface area contributed by atoms with Crippen molar-refractivity contribution in [3.8, 4) is 0 Å². The van der Waals surface area contributed by atoms with Crippen LogP contribution in [0.4, 0.5) is 5.69 Å². The summed E-state index contributed by atoms with van der Waals surface area (Å²) in [6, 6.07) is 5.79. The van der Waals surface area contributed by atoms with Crippen LogP contribution in [0.2, 0.25) is 0 Å². The molecule has 86 valence electrons. The number of carbonyl (C=O) groups is 2. The smallest absolute Gasteiger partial charge is 0.250 e. The number of hydrogen-bond donors (Lipinski definition) is 1. The molecule has 4 nitrogen and oxygen atoms in total. The van der Waals surface area contributed by atoms with Gasteiger partial charge in [0.05, 0.1) is 0 Å². The van der Waals surface area contributed by atoms with Crippen molar-refractivity contribution in [2.24, 2.45) is 0 Å². The number of hydrogen-bond acceptors (Lipinski definition) is 3. The van der Waals surface area contributed by atoms with Crippen molar-refractivity contribution in [1.29, 1.82) is 0 Å². The number of aryl methyl sites for hydroxylation is 2. The standard InChI is InChI=1S/C12H15NO3/c1-9-5-10(2)7-11(6-9)13-12(15)8-16-4-3-14/h3,5-7H,4,8H2,1-2H3,(H,13,15). The highest BCUT2D eigenvalue weighted by molar-refractivity contribution is 5.91. The molecule has 0 bridgehead atoms. The van der Waals surface area contributed by atoms with E-state index in [9.17, 15) is 9.59 Å². The van der Waals surface area contributed by atoms with Crippen molar-refractivity contribution >= 4 is 17.9 Å². The van der Waals surface area contributed by atoms with Gasteiger partial charge in [-0.2, -0.15) is 0 Å². The van der Waals surface area contributed by atoms with Gasteiger partial charge in [-0.1, -0.05) is 6.07 Å². The molecule has 0 atom stereocenters. The van der Waals surface area contributed by atoms with E-state index in [4.69, 9.17) is 4.74 Å². The largest absolute Gasteiger partial charge is 0.364 e. The van der Waals surface area contributed by atoms with Crippen LogP contribution in [0.3, 0.4) is 0 Å². The highest BCUT2D eigenvalue weighted by Gasteiger charge is 2.02. The maximum atomic E-state index is 11.4. The first kappa shape index (κ1) is 12.4. The Hall–Kier alpha value is -1.68. The Morgan fingerprint density at radius 3 is 2.50 bits per heavy atom. The Balaban J connectivity index is 2.52. The van der Waals surface area contributed by atoms with Crippen LogP contribution < -0.4 is 5.32 Å². The lowest BCUT2D eigenvalue weighted by Crippen LogP contribution is -2.19. The molecule has 16 heavy (non-hydrogen) atoms. The lowest BCUT2D eigenvalue weighted by molar-refractivity contribution is -0.122. The zero-order valence-corrected chi connectivity index (χ0v) is 9.45. The van der Waals surface area contributed by atoms with E-state index >= 15 is 0 Å². The normalized spacial score (nSPS) is 9.88. The summed E-state index contributed by atoms with van der Waals surface area (Å²) in [5.74, 6) is -0.258. The number of rotatable bonds is 5. The van der Waals surface area contributed by atoms with Crippen molar-refractivity contribution in [3.63, 3.8) is 0 Å². The fourth-order valence-electron chi connectivity index (χ4n) is 1.44. The van der Waals surface area contributed by atoms with Crippen molar-refractivity contribution in [2.75, 3.05) is 18.5 Å². The highest BCUT2D eigenvalue weighted by Crippen LogP contribution is 2.13. The number of amides is 1. The molecular formula is C12H15NO3. The second kappa shape index (κ2) is 6.02. The Morgan fingerprint density at radius 2 is 1.94 bits per heavy atom. The molecule has 1 rings (SSSR count). The Labute approximate surface area is 94.6 Å². The fourth-order valence-corrected chi connectivity index (χ4v) is 1.44. The third-order valence-corrected chi connectivity index (χ3v) is 1.92. The van der Waals surface area contributed by atoms with Gasteiger partial charge in [-0.05, 0) is 37.1 Å². The SMILES string of the molecule is Cc1cc(C)cc(NC(=O)COCC=O)c1. The molecule has 1 amide bonds. The maximum absolute atomic E-state index is 11.4. The van der Waals surface area contributed by atoms with E-state index in [1.807, 2.05) is 32.0 Å². The quantitative estimate of drug-likeness (QED) is 0.605. The summed E-state index contributed by atoms with van der Waals surface area (Å²) in [7, 11) is 0. The molecule has 1 N–H and O–H groups in total. The van der Waals surface area contributed by atoms with Crippen molar-refractivity contribution in [2.45, 2.75) is 13.8 Å². The van der Waals surface area contributed by atoms with Crippen LogP contribution in [0.25, 0.3) is 0 Å². The summed E-state index contributed by atoms with van der Waals surface area (Å²) in [6.07, 6.45) is 0.615. The molecule has 0 aliphatic carbocycles. The van der Waals surface area contributed by atoms with Crippen LogP contribution in [0, 0.1) is 13.8 Å². The van der Waals surface area contributed by atoms with Gasteiger partial charge < -0.3 is 14.8 Å². The van der Waals surface area contributed by atoms with Gasteiger partial charge in [0.1, 0.15) is 19.5 Å². The van der Waals surface area contributed by atoms with Crippen LogP contribution >= 0.6 is 0 Å². The molecule has 0 saturated heterocycles. The summed E-state index contributed by atoms with van der Waals surface area (Å²) in [5, 5.41) is 2.70. The van der Waals surface area contributed by atoms with Gasteiger partial charge >= 0.3 is 0 Å². The lowest BCUT2D eigenvalue weighted by Gasteiger charge is -2.07. The minimum atomic E-state index is -0.258. The van der Waals surface area contributed by atoms with Gasteiger partial charge in [-0.15, -0.1) is 0 Å². The first-order valence-electron chi connectivity index (χ1n) is 5.01. The molecule has 0 aliphatic rings. The summed E-state index contributed by atoms with van der Waals surface area (Å²) < 4.78 is 4.80. The van der Waals surface area contributed by atoms with E-state index in [0.29, 0.717) is 6.29 Å². The third-order valence-electron chi connectivity index (χ3n) is 1.92. The Kier molecular flexibility index (Phi) is 4.66. The van der Waals surface area contributed by atoms with Crippen LogP contribution in [0.1, 0.15) is 11.1 Å². The number of ether oxygens (including phenoxy) is 1. The van der Waals surface area contributed by atoms with Crippen LogP contribution in [0.15, 0.2) is 18.2 Å². The van der Waals surface area contributed by atoms with E-state index < -0.39 is 0 Å². The Bertz CT molecular complexity index is 368. The van der Waals surface area contributed by atoms with Gasteiger partial charge in [0.2, 0.25) is 5.91 Å². The van der Waals surface area contributed by atoms with Crippen LogP contribution in [-0.2, 0) is 14.3 Å². The average molecular weight is 221 g/mol. The maximum Gasteiger partial charge on any atom is 0.250 e. The third kappa shape index (κ3) is 4.23. The molecule has 0 aromatic heterocycles. The molecule has 1 aromatic carbocycles. The minimum absolute atomic E-state index is 0.0553. The number of anilines is 1. The van der Waals surface area contributed by atoms with Gasteiger partial charge in [0, 0.05) is 5.69 Å². The molecule has 4 heteroatoms. The van der Waals surface area contributed by atoms with Gasteiger partial charge in [-0.3, -0.25) is 4.79 Å². The number of benzene rings is 1. The van der Waals surface area contributed by atoms with E-state index in [1.54, 1.807) is 0 Å². The molecule has 0 heterocycles. The molecule has 0 unspecified atom stereocenters. The van der Waals surface area contributed by atoms with Crippen molar-refractivity contribution in [1.82, 2.24) is 0 Å².